The third kappa shape index (κ3) is 2.11. The molecule has 1 aromatic heterocycles. The molecule has 0 saturated heterocycles. The maximum Gasteiger partial charge on any atom is 0.199 e. The van der Waals surface area contributed by atoms with Crippen molar-refractivity contribution in [3.63, 3.8) is 0 Å². The van der Waals surface area contributed by atoms with E-state index in [4.69, 9.17) is 11.6 Å². The van der Waals surface area contributed by atoms with Gasteiger partial charge in [-0.05, 0) is 31.5 Å². The lowest BCUT2D eigenvalue weighted by Crippen LogP contribution is -2.05. The Kier molecular flexibility index (Phi) is 3.03. The molecular weight excluding hydrogens is 241 g/mol. The zero-order chi connectivity index (χ0) is 12.6. The summed E-state index contributed by atoms with van der Waals surface area (Å²) in [5.74, 6) is -0.957. The zero-order valence-electron chi connectivity index (χ0n) is 9.47. The summed E-state index contributed by atoms with van der Waals surface area (Å²) in [6.07, 6.45) is 1.55. The van der Waals surface area contributed by atoms with E-state index in [9.17, 15) is 9.18 Å². The third-order valence-corrected chi connectivity index (χ3v) is 2.92. The first kappa shape index (κ1) is 11.9. The molecule has 1 aromatic carbocycles. The molecule has 0 radical (unpaired) electrons. The van der Waals surface area contributed by atoms with Gasteiger partial charge in [-0.1, -0.05) is 17.7 Å². The Labute approximate surface area is 103 Å². The SMILES string of the molecule is Cc1cc(C(=O)c2c(Cl)ccc(C)c2F)c[nH]1. The smallest absolute Gasteiger partial charge is 0.199 e. The Bertz CT molecular complexity index is 589. The van der Waals surface area contributed by atoms with Crippen molar-refractivity contribution in [2.45, 2.75) is 13.8 Å². The number of ketones is 1. The normalized spacial score (nSPS) is 10.6. The predicted molar refractivity (Wildman–Crippen MR) is 65.1 cm³/mol. The summed E-state index contributed by atoms with van der Waals surface area (Å²) in [6.45, 7) is 3.43. The van der Waals surface area contributed by atoms with Crippen LogP contribution in [0.3, 0.4) is 0 Å². The highest BCUT2D eigenvalue weighted by molar-refractivity contribution is 6.35. The van der Waals surface area contributed by atoms with E-state index in [2.05, 4.69) is 4.98 Å². The molecule has 0 aliphatic heterocycles. The quantitative estimate of drug-likeness (QED) is 0.812. The van der Waals surface area contributed by atoms with Crippen LogP contribution in [0.1, 0.15) is 27.2 Å². The minimum absolute atomic E-state index is 0.0642. The molecule has 0 fully saturated rings. The Balaban J connectivity index is 2.54. The zero-order valence-corrected chi connectivity index (χ0v) is 10.2. The molecule has 0 aliphatic rings. The van der Waals surface area contributed by atoms with Crippen LogP contribution < -0.4 is 0 Å². The van der Waals surface area contributed by atoms with E-state index in [1.807, 2.05) is 6.92 Å². The van der Waals surface area contributed by atoms with E-state index < -0.39 is 11.6 Å². The molecule has 2 nitrogen and oxygen atoms in total. The lowest BCUT2D eigenvalue weighted by Gasteiger charge is -2.05. The molecule has 2 aromatic rings. The van der Waals surface area contributed by atoms with Crippen molar-refractivity contribution < 1.29 is 9.18 Å². The molecule has 2 rings (SSSR count). The number of benzene rings is 1. The van der Waals surface area contributed by atoms with Crippen LogP contribution in [0.4, 0.5) is 4.39 Å². The van der Waals surface area contributed by atoms with Crippen LogP contribution in [-0.4, -0.2) is 10.8 Å². The van der Waals surface area contributed by atoms with Gasteiger partial charge in [0.25, 0.3) is 0 Å². The number of aromatic amines is 1. The maximum atomic E-state index is 13.9. The Hall–Kier alpha value is -1.61. The number of carbonyl (C=O) groups is 1. The van der Waals surface area contributed by atoms with Gasteiger partial charge in [0, 0.05) is 17.5 Å². The van der Waals surface area contributed by atoms with Gasteiger partial charge in [-0.15, -0.1) is 0 Å². The van der Waals surface area contributed by atoms with Crippen molar-refractivity contribution in [2.75, 3.05) is 0 Å². The third-order valence-electron chi connectivity index (χ3n) is 2.60. The van der Waals surface area contributed by atoms with Crippen molar-refractivity contribution in [1.29, 1.82) is 0 Å². The Morgan fingerprint density at radius 1 is 1.35 bits per heavy atom. The first-order valence-corrected chi connectivity index (χ1v) is 5.53. The molecule has 0 atom stereocenters. The van der Waals surface area contributed by atoms with Crippen LogP contribution in [0.25, 0.3) is 0 Å². The average Bonchev–Trinajstić information content (AvgIpc) is 2.71. The highest BCUT2D eigenvalue weighted by Gasteiger charge is 2.19. The maximum absolute atomic E-state index is 13.9. The van der Waals surface area contributed by atoms with Crippen molar-refractivity contribution >= 4 is 17.4 Å². The van der Waals surface area contributed by atoms with Crippen LogP contribution in [-0.2, 0) is 0 Å². The molecule has 0 bridgehead atoms. The highest BCUT2D eigenvalue weighted by atomic mass is 35.5. The summed E-state index contributed by atoms with van der Waals surface area (Å²) in [5, 5.41) is 0.136. The number of hydrogen-bond acceptors (Lipinski definition) is 1. The van der Waals surface area contributed by atoms with Crippen molar-refractivity contribution in [2.24, 2.45) is 0 Å². The second-order valence-electron chi connectivity index (χ2n) is 3.95. The largest absolute Gasteiger partial charge is 0.364 e. The van der Waals surface area contributed by atoms with Crippen LogP contribution in [0.2, 0.25) is 5.02 Å². The fraction of sp³-hybridized carbons (Fsp3) is 0.154. The fourth-order valence-corrected chi connectivity index (χ4v) is 1.88. The lowest BCUT2D eigenvalue weighted by molar-refractivity contribution is 0.103. The Morgan fingerprint density at radius 3 is 2.65 bits per heavy atom. The van der Waals surface area contributed by atoms with Gasteiger partial charge in [-0.25, -0.2) is 4.39 Å². The number of aromatic nitrogens is 1. The van der Waals surface area contributed by atoms with Gasteiger partial charge in [0.2, 0.25) is 0 Å². The first-order chi connectivity index (χ1) is 8.00. The lowest BCUT2D eigenvalue weighted by atomic mass is 10.0. The van der Waals surface area contributed by atoms with Crippen LogP contribution in [0.5, 0.6) is 0 Å². The van der Waals surface area contributed by atoms with Crippen molar-refractivity contribution in [1.82, 2.24) is 4.98 Å². The Morgan fingerprint density at radius 2 is 2.06 bits per heavy atom. The van der Waals surface area contributed by atoms with Crippen molar-refractivity contribution in [3.05, 3.63) is 57.6 Å². The number of aryl methyl sites for hydroxylation is 2. The average molecular weight is 252 g/mol. The minimum Gasteiger partial charge on any atom is -0.364 e. The molecule has 0 saturated carbocycles. The summed E-state index contributed by atoms with van der Waals surface area (Å²) in [5.41, 5.74) is 1.60. The second-order valence-corrected chi connectivity index (χ2v) is 4.36. The topological polar surface area (TPSA) is 32.9 Å². The number of halogens is 2. The number of carbonyl (C=O) groups excluding carboxylic acids is 1. The van der Waals surface area contributed by atoms with E-state index in [-0.39, 0.29) is 10.6 Å². The van der Waals surface area contributed by atoms with Crippen LogP contribution in [0.15, 0.2) is 24.4 Å². The number of hydrogen-bond donors (Lipinski definition) is 1. The summed E-state index contributed by atoms with van der Waals surface area (Å²) < 4.78 is 13.9. The van der Waals surface area contributed by atoms with Gasteiger partial charge in [0.05, 0.1) is 10.6 Å². The van der Waals surface area contributed by atoms with Gasteiger partial charge >= 0.3 is 0 Å². The molecule has 88 valence electrons. The van der Waals surface area contributed by atoms with Gasteiger partial charge in [0.15, 0.2) is 5.78 Å². The molecule has 1 N–H and O–H groups in total. The summed E-state index contributed by atoms with van der Waals surface area (Å²) in [4.78, 5) is 15.0. The molecular formula is C13H11ClFNO. The monoisotopic (exact) mass is 251 g/mol. The molecule has 0 spiro atoms. The van der Waals surface area contributed by atoms with E-state index >= 15 is 0 Å². The van der Waals surface area contributed by atoms with Crippen LogP contribution >= 0.6 is 11.6 Å². The fourth-order valence-electron chi connectivity index (χ4n) is 1.65. The predicted octanol–water partition coefficient (Wildman–Crippen LogP) is 3.66. The summed E-state index contributed by atoms with van der Waals surface area (Å²) >= 11 is 5.88. The van der Waals surface area contributed by atoms with E-state index in [1.165, 1.54) is 6.07 Å². The molecule has 4 heteroatoms. The van der Waals surface area contributed by atoms with E-state index in [1.54, 1.807) is 25.3 Å². The van der Waals surface area contributed by atoms with Gasteiger partial charge in [-0.2, -0.15) is 0 Å². The number of H-pyrrole nitrogens is 1. The molecule has 0 amide bonds. The first-order valence-electron chi connectivity index (χ1n) is 5.15. The standard InChI is InChI=1S/C13H11ClFNO/c1-7-3-4-10(14)11(12(7)15)13(17)9-5-8(2)16-6-9/h3-6,16H,1-2H3. The molecule has 1 heterocycles. The van der Waals surface area contributed by atoms with E-state index in [0.29, 0.717) is 11.1 Å². The molecule has 0 aliphatic carbocycles. The summed E-state index contributed by atoms with van der Waals surface area (Å²) in [7, 11) is 0. The second kappa shape index (κ2) is 4.34. The van der Waals surface area contributed by atoms with Crippen molar-refractivity contribution in [3.8, 4) is 0 Å². The number of rotatable bonds is 2. The van der Waals surface area contributed by atoms with Gasteiger partial charge < -0.3 is 4.98 Å². The highest BCUT2D eigenvalue weighted by Crippen LogP contribution is 2.25. The van der Waals surface area contributed by atoms with E-state index in [0.717, 1.165) is 5.69 Å². The number of nitrogens with one attached hydrogen (secondary N) is 1. The molecule has 17 heavy (non-hydrogen) atoms. The van der Waals surface area contributed by atoms with Gasteiger partial charge in [0.1, 0.15) is 5.82 Å². The minimum atomic E-state index is -0.554. The van der Waals surface area contributed by atoms with Crippen LogP contribution in [0, 0.1) is 19.7 Å². The van der Waals surface area contributed by atoms with Gasteiger partial charge in [-0.3, -0.25) is 4.79 Å². The molecule has 0 unspecified atom stereocenters. The summed E-state index contributed by atoms with van der Waals surface area (Å²) in [6, 6.07) is 4.75.